The number of hydrogen-bond donors (Lipinski definition) is 2. The summed E-state index contributed by atoms with van der Waals surface area (Å²) in [4.78, 5) is 24.9. The van der Waals surface area contributed by atoms with E-state index in [1.807, 2.05) is 36.8 Å². The van der Waals surface area contributed by atoms with Gasteiger partial charge in [0.15, 0.2) is 0 Å². The summed E-state index contributed by atoms with van der Waals surface area (Å²) in [6.07, 6.45) is 0. The van der Waals surface area contributed by atoms with Gasteiger partial charge in [-0.05, 0) is 37.4 Å². The predicted octanol–water partition coefficient (Wildman–Crippen LogP) is 1.76. The highest BCUT2D eigenvalue weighted by molar-refractivity contribution is 7.13. The van der Waals surface area contributed by atoms with Gasteiger partial charge in [0.1, 0.15) is 5.56 Å². The second-order valence-corrected chi connectivity index (χ2v) is 5.30. The van der Waals surface area contributed by atoms with E-state index >= 15 is 0 Å². The number of aromatic nitrogens is 1. The van der Waals surface area contributed by atoms with Crippen molar-refractivity contribution in [2.45, 2.75) is 19.9 Å². The lowest BCUT2D eigenvalue weighted by Crippen LogP contribution is -2.37. The number of nitrogen functional groups attached to an aromatic ring is 1. The van der Waals surface area contributed by atoms with Gasteiger partial charge >= 0.3 is 0 Å². The average Bonchev–Trinajstić information content (AvgIpc) is 2.90. The largest absolute Gasteiger partial charge is 0.304 e. The molecule has 0 bridgehead atoms. The van der Waals surface area contributed by atoms with Gasteiger partial charge in [-0.25, -0.2) is 5.84 Å². The SMILES string of the molecule is CC(C)n1c(-c2cccs2)ccc(C(=O)NN)c1=O. The minimum Gasteiger partial charge on any atom is -0.304 e. The maximum absolute atomic E-state index is 12.4. The molecule has 0 fully saturated rings. The molecule has 6 heteroatoms. The number of rotatable bonds is 3. The van der Waals surface area contributed by atoms with E-state index in [2.05, 4.69) is 0 Å². The third kappa shape index (κ3) is 2.45. The molecule has 0 radical (unpaired) electrons. The van der Waals surface area contributed by atoms with E-state index in [9.17, 15) is 9.59 Å². The second-order valence-electron chi connectivity index (χ2n) is 4.35. The molecule has 5 nitrogen and oxygen atoms in total. The number of nitrogens with zero attached hydrogens (tertiary/aromatic N) is 1. The normalized spacial score (nSPS) is 10.7. The Labute approximate surface area is 114 Å². The molecule has 2 aromatic rings. The van der Waals surface area contributed by atoms with Crippen molar-refractivity contribution >= 4 is 17.2 Å². The number of hydrogen-bond acceptors (Lipinski definition) is 4. The maximum atomic E-state index is 12.4. The van der Waals surface area contributed by atoms with Crippen molar-refractivity contribution in [3.63, 3.8) is 0 Å². The van der Waals surface area contributed by atoms with E-state index in [1.165, 1.54) is 6.07 Å². The minimum absolute atomic E-state index is 0.0462. The first-order chi connectivity index (χ1) is 9.06. The molecule has 2 aromatic heterocycles. The number of carbonyl (C=O) groups is 1. The zero-order valence-electron chi connectivity index (χ0n) is 10.7. The molecule has 100 valence electrons. The van der Waals surface area contributed by atoms with Crippen LogP contribution in [0.25, 0.3) is 10.6 Å². The molecule has 0 atom stereocenters. The number of carbonyl (C=O) groups excluding carboxylic acids is 1. The third-order valence-corrected chi connectivity index (χ3v) is 3.67. The van der Waals surface area contributed by atoms with E-state index in [0.29, 0.717) is 0 Å². The predicted molar refractivity (Wildman–Crippen MR) is 76.1 cm³/mol. The zero-order valence-corrected chi connectivity index (χ0v) is 11.5. The van der Waals surface area contributed by atoms with Crippen molar-refractivity contribution in [1.29, 1.82) is 0 Å². The zero-order chi connectivity index (χ0) is 14.0. The number of hydrazine groups is 1. The smallest absolute Gasteiger partial charge is 0.270 e. The molecule has 2 heterocycles. The molecule has 0 aliphatic heterocycles. The lowest BCUT2D eigenvalue weighted by Gasteiger charge is -2.16. The van der Waals surface area contributed by atoms with Gasteiger partial charge in [-0.3, -0.25) is 15.0 Å². The Balaban J connectivity index is 2.69. The van der Waals surface area contributed by atoms with Crippen LogP contribution >= 0.6 is 11.3 Å². The molecule has 0 saturated carbocycles. The van der Waals surface area contributed by atoms with Crippen molar-refractivity contribution in [2.24, 2.45) is 5.84 Å². The van der Waals surface area contributed by atoms with E-state index < -0.39 is 5.91 Å². The van der Waals surface area contributed by atoms with Crippen LogP contribution < -0.4 is 16.8 Å². The number of thiophene rings is 1. The summed E-state index contributed by atoms with van der Waals surface area (Å²) < 4.78 is 1.61. The Hall–Kier alpha value is -1.92. The van der Waals surface area contributed by atoms with Gasteiger partial charge in [0.05, 0.1) is 10.6 Å². The monoisotopic (exact) mass is 277 g/mol. The fourth-order valence-corrected chi connectivity index (χ4v) is 2.69. The first kappa shape index (κ1) is 13.5. The summed E-state index contributed by atoms with van der Waals surface area (Å²) in [5.41, 5.74) is 2.52. The van der Waals surface area contributed by atoms with E-state index in [4.69, 9.17) is 5.84 Å². The first-order valence-corrected chi connectivity index (χ1v) is 6.74. The fraction of sp³-hybridized carbons (Fsp3) is 0.231. The highest BCUT2D eigenvalue weighted by Gasteiger charge is 2.17. The van der Waals surface area contributed by atoms with Gasteiger partial charge in [-0.15, -0.1) is 11.3 Å². The van der Waals surface area contributed by atoms with Crippen LogP contribution in [0, 0.1) is 0 Å². The molecule has 19 heavy (non-hydrogen) atoms. The molecule has 0 spiro atoms. The van der Waals surface area contributed by atoms with Gasteiger partial charge in [-0.2, -0.15) is 0 Å². The molecule has 1 amide bonds. The van der Waals surface area contributed by atoms with Gasteiger partial charge in [0.25, 0.3) is 11.5 Å². The third-order valence-electron chi connectivity index (χ3n) is 2.78. The van der Waals surface area contributed by atoms with Crippen LogP contribution in [-0.2, 0) is 0 Å². The topological polar surface area (TPSA) is 77.1 Å². The lowest BCUT2D eigenvalue weighted by atomic mass is 10.2. The van der Waals surface area contributed by atoms with Crippen molar-refractivity contribution in [1.82, 2.24) is 9.99 Å². The average molecular weight is 277 g/mol. The van der Waals surface area contributed by atoms with Gasteiger partial charge in [0.2, 0.25) is 0 Å². The Morgan fingerprint density at radius 1 is 1.37 bits per heavy atom. The number of amides is 1. The minimum atomic E-state index is -0.572. The Kier molecular flexibility index (Phi) is 3.82. The Morgan fingerprint density at radius 3 is 2.63 bits per heavy atom. The Bertz CT molecular complexity index is 644. The fourth-order valence-electron chi connectivity index (χ4n) is 1.94. The molecular weight excluding hydrogens is 262 g/mol. The highest BCUT2D eigenvalue weighted by Crippen LogP contribution is 2.25. The molecule has 0 aliphatic rings. The van der Waals surface area contributed by atoms with E-state index in [-0.39, 0.29) is 17.2 Å². The summed E-state index contributed by atoms with van der Waals surface area (Å²) in [6.45, 7) is 3.81. The molecular formula is C13H15N3O2S. The van der Waals surface area contributed by atoms with Crippen LogP contribution in [0.5, 0.6) is 0 Å². The lowest BCUT2D eigenvalue weighted by molar-refractivity contribution is 0.0951. The molecule has 3 N–H and O–H groups in total. The van der Waals surface area contributed by atoms with Gasteiger partial charge < -0.3 is 4.57 Å². The first-order valence-electron chi connectivity index (χ1n) is 5.86. The van der Waals surface area contributed by atoms with Crippen LogP contribution in [0.1, 0.15) is 30.2 Å². The number of nitrogens with one attached hydrogen (secondary N) is 1. The van der Waals surface area contributed by atoms with E-state index in [1.54, 1.807) is 22.0 Å². The van der Waals surface area contributed by atoms with Crippen molar-refractivity contribution in [3.05, 3.63) is 45.6 Å². The quantitative estimate of drug-likeness (QED) is 0.510. The van der Waals surface area contributed by atoms with Gasteiger partial charge in [-0.1, -0.05) is 6.07 Å². The van der Waals surface area contributed by atoms with Gasteiger partial charge in [0, 0.05) is 6.04 Å². The van der Waals surface area contributed by atoms with Crippen LogP contribution in [-0.4, -0.2) is 10.5 Å². The Morgan fingerprint density at radius 2 is 2.11 bits per heavy atom. The summed E-state index contributed by atoms with van der Waals surface area (Å²) in [7, 11) is 0. The number of nitrogens with two attached hydrogens (primary N) is 1. The molecule has 0 unspecified atom stereocenters. The molecule has 0 aromatic carbocycles. The van der Waals surface area contributed by atoms with Crippen LogP contribution in [0.3, 0.4) is 0 Å². The van der Waals surface area contributed by atoms with E-state index in [0.717, 1.165) is 10.6 Å². The van der Waals surface area contributed by atoms with Crippen molar-refractivity contribution < 1.29 is 4.79 Å². The molecule has 0 aliphatic carbocycles. The van der Waals surface area contributed by atoms with Crippen molar-refractivity contribution in [3.8, 4) is 10.6 Å². The summed E-state index contributed by atoms with van der Waals surface area (Å²) in [6, 6.07) is 7.11. The second kappa shape index (κ2) is 5.38. The summed E-state index contributed by atoms with van der Waals surface area (Å²) in [5.74, 6) is 4.51. The van der Waals surface area contributed by atoms with Crippen LogP contribution in [0.2, 0.25) is 0 Å². The highest BCUT2D eigenvalue weighted by atomic mass is 32.1. The summed E-state index contributed by atoms with van der Waals surface area (Å²) >= 11 is 1.55. The molecule has 0 saturated heterocycles. The standard InChI is InChI=1S/C13H15N3O2S/c1-8(2)16-10(11-4-3-7-19-11)6-5-9(13(16)18)12(17)15-14/h3-8H,14H2,1-2H3,(H,15,17). The maximum Gasteiger partial charge on any atom is 0.270 e. The van der Waals surface area contributed by atoms with Crippen LogP contribution in [0.15, 0.2) is 34.4 Å². The number of pyridine rings is 1. The van der Waals surface area contributed by atoms with Crippen LogP contribution in [0.4, 0.5) is 0 Å². The summed E-state index contributed by atoms with van der Waals surface area (Å²) in [5, 5.41) is 1.95. The molecule has 2 rings (SSSR count). The van der Waals surface area contributed by atoms with Crippen molar-refractivity contribution in [2.75, 3.05) is 0 Å².